The molecule has 0 saturated heterocycles. The normalized spacial score (nSPS) is 10.7. The molecule has 6 heteroatoms. The van der Waals surface area contributed by atoms with Gasteiger partial charge in [0.15, 0.2) is 16.8 Å². The molecular weight excluding hydrogens is 394 g/mol. The predicted molar refractivity (Wildman–Crippen MR) is 120 cm³/mol. The Bertz CT molecular complexity index is 1150. The standard InChI is InChI=1S/C24H21N3O2S/c1-17-12-14-18(15-13-17)21(28)16-30-24-26-25-23(20-10-6-7-11-22(20)29-2)27(24)19-8-4-3-5-9-19/h3-15H,16H2,1-2H3. The van der Waals surface area contributed by atoms with Crippen molar-refractivity contribution in [2.45, 2.75) is 12.1 Å². The second kappa shape index (κ2) is 8.97. The van der Waals surface area contributed by atoms with Crippen LogP contribution in [0.4, 0.5) is 0 Å². The highest BCUT2D eigenvalue weighted by Gasteiger charge is 2.19. The van der Waals surface area contributed by atoms with Crippen LogP contribution in [-0.2, 0) is 0 Å². The molecule has 0 spiro atoms. The molecule has 0 saturated carbocycles. The third-order valence-corrected chi connectivity index (χ3v) is 5.63. The fourth-order valence-corrected chi connectivity index (χ4v) is 3.98. The van der Waals surface area contributed by atoms with Gasteiger partial charge in [0.25, 0.3) is 0 Å². The number of rotatable bonds is 7. The highest BCUT2D eigenvalue weighted by atomic mass is 32.2. The van der Waals surface area contributed by atoms with Gasteiger partial charge in [0, 0.05) is 11.3 Å². The molecule has 0 bridgehead atoms. The Morgan fingerprint density at radius 3 is 2.37 bits per heavy atom. The monoisotopic (exact) mass is 415 g/mol. The second-order valence-electron chi connectivity index (χ2n) is 6.76. The fourth-order valence-electron chi connectivity index (χ4n) is 3.13. The van der Waals surface area contributed by atoms with E-state index in [4.69, 9.17) is 4.74 Å². The molecule has 4 aromatic rings. The van der Waals surface area contributed by atoms with Crippen molar-refractivity contribution in [2.75, 3.05) is 12.9 Å². The van der Waals surface area contributed by atoms with Gasteiger partial charge in [-0.05, 0) is 31.2 Å². The van der Waals surface area contributed by atoms with E-state index in [1.54, 1.807) is 7.11 Å². The van der Waals surface area contributed by atoms with Gasteiger partial charge in [-0.25, -0.2) is 0 Å². The number of methoxy groups -OCH3 is 1. The quantitative estimate of drug-likeness (QED) is 0.306. The molecule has 1 aromatic heterocycles. The summed E-state index contributed by atoms with van der Waals surface area (Å²) in [5, 5.41) is 9.48. The lowest BCUT2D eigenvalue weighted by molar-refractivity contribution is 0.102. The van der Waals surface area contributed by atoms with Crippen molar-refractivity contribution in [3.8, 4) is 22.8 Å². The van der Waals surface area contributed by atoms with E-state index in [0.717, 1.165) is 22.6 Å². The number of benzene rings is 3. The predicted octanol–water partition coefficient (Wildman–Crippen LogP) is 5.23. The molecule has 0 fully saturated rings. The average molecular weight is 416 g/mol. The lowest BCUT2D eigenvalue weighted by Crippen LogP contribution is -2.05. The van der Waals surface area contributed by atoms with Crippen molar-refractivity contribution in [3.05, 3.63) is 90.0 Å². The zero-order valence-electron chi connectivity index (χ0n) is 16.8. The topological polar surface area (TPSA) is 57.0 Å². The Morgan fingerprint density at radius 1 is 0.933 bits per heavy atom. The maximum Gasteiger partial charge on any atom is 0.196 e. The number of Topliss-reactive ketones (excluding diaryl/α,β-unsaturated/α-hetero) is 1. The molecule has 0 amide bonds. The van der Waals surface area contributed by atoms with Crippen LogP contribution in [0, 0.1) is 6.92 Å². The number of nitrogens with zero attached hydrogens (tertiary/aromatic N) is 3. The number of aryl methyl sites for hydroxylation is 1. The summed E-state index contributed by atoms with van der Waals surface area (Å²) in [4.78, 5) is 12.7. The molecular formula is C24H21N3O2S. The minimum Gasteiger partial charge on any atom is -0.496 e. The third-order valence-electron chi connectivity index (χ3n) is 4.70. The number of ketones is 1. The summed E-state index contributed by atoms with van der Waals surface area (Å²) < 4.78 is 7.49. The first-order valence-corrected chi connectivity index (χ1v) is 10.5. The van der Waals surface area contributed by atoms with Crippen LogP contribution in [-0.4, -0.2) is 33.4 Å². The first-order chi connectivity index (χ1) is 14.7. The van der Waals surface area contributed by atoms with Crippen LogP contribution in [0.1, 0.15) is 15.9 Å². The molecule has 1 heterocycles. The summed E-state index contributed by atoms with van der Waals surface area (Å²) in [5.74, 6) is 1.72. The molecule has 0 aliphatic carbocycles. The number of carbonyl (C=O) groups is 1. The van der Waals surface area contributed by atoms with E-state index in [-0.39, 0.29) is 11.5 Å². The first-order valence-electron chi connectivity index (χ1n) is 9.54. The van der Waals surface area contributed by atoms with Crippen molar-refractivity contribution >= 4 is 17.5 Å². The first kappa shape index (κ1) is 19.9. The van der Waals surface area contributed by atoms with E-state index in [1.807, 2.05) is 90.4 Å². The van der Waals surface area contributed by atoms with Crippen LogP contribution in [0.25, 0.3) is 17.1 Å². The van der Waals surface area contributed by atoms with Gasteiger partial charge in [-0.3, -0.25) is 9.36 Å². The maximum absolute atomic E-state index is 12.7. The van der Waals surface area contributed by atoms with E-state index in [0.29, 0.717) is 16.5 Å². The fraction of sp³-hybridized carbons (Fsp3) is 0.125. The lowest BCUT2D eigenvalue weighted by Gasteiger charge is -2.12. The number of ether oxygens (including phenoxy) is 1. The minimum absolute atomic E-state index is 0.0569. The number of hydrogen-bond donors (Lipinski definition) is 0. The molecule has 150 valence electrons. The van der Waals surface area contributed by atoms with Crippen molar-refractivity contribution in [2.24, 2.45) is 0 Å². The van der Waals surface area contributed by atoms with Gasteiger partial charge >= 0.3 is 0 Å². The summed E-state index contributed by atoms with van der Waals surface area (Å²) in [6, 6.07) is 25.2. The largest absolute Gasteiger partial charge is 0.496 e. The number of carbonyl (C=O) groups excluding carboxylic acids is 1. The summed E-state index contributed by atoms with van der Waals surface area (Å²) in [6.45, 7) is 2.00. The zero-order valence-corrected chi connectivity index (χ0v) is 17.6. The Kier molecular flexibility index (Phi) is 5.95. The molecule has 0 atom stereocenters. The Balaban J connectivity index is 1.69. The maximum atomic E-state index is 12.7. The number of para-hydroxylation sites is 2. The number of thioether (sulfide) groups is 1. The van der Waals surface area contributed by atoms with Crippen LogP contribution in [0.15, 0.2) is 84.0 Å². The average Bonchev–Trinajstić information content (AvgIpc) is 3.22. The lowest BCUT2D eigenvalue weighted by atomic mass is 10.1. The molecule has 30 heavy (non-hydrogen) atoms. The van der Waals surface area contributed by atoms with Crippen LogP contribution >= 0.6 is 11.8 Å². The molecule has 0 unspecified atom stereocenters. The van der Waals surface area contributed by atoms with Gasteiger partial charge in [0.05, 0.1) is 18.4 Å². The van der Waals surface area contributed by atoms with Crippen molar-refractivity contribution in [1.82, 2.24) is 14.8 Å². The van der Waals surface area contributed by atoms with Gasteiger partial charge in [-0.1, -0.05) is 71.9 Å². The smallest absolute Gasteiger partial charge is 0.196 e. The van der Waals surface area contributed by atoms with Crippen molar-refractivity contribution in [1.29, 1.82) is 0 Å². The summed E-state index contributed by atoms with van der Waals surface area (Å²) in [7, 11) is 1.64. The van der Waals surface area contributed by atoms with E-state index < -0.39 is 0 Å². The molecule has 3 aromatic carbocycles. The number of aromatic nitrogens is 3. The Hall–Kier alpha value is -3.38. The van der Waals surface area contributed by atoms with E-state index in [9.17, 15) is 4.79 Å². The highest BCUT2D eigenvalue weighted by Crippen LogP contribution is 2.33. The van der Waals surface area contributed by atoms with E-state index >= 15 is 0 Å². The third kappa shape index (κ3) is 4.14. The van der Waals surface area contributed by atoms with Crippen LogP contribution < -0.4 is 4.74 Å². The molecule has 0 aliphatic rings. The van der Waals surface area contributed by atoms with Crippen molar-refractivity contribution < 1.29 is 9.53 Å². The minimum atomic E-state index is 0.0569. The van der Waals surface area contributed by atoms with E-state index in [1.165, 1.54) is 11.8 Å². The molecule has 0 aliphatic heterocycles. The summed E-state index contributed by atoms with van der Waals surface area (Å²) in [5.41, 5.74) is 3.59. The van der Waals surface area contributed by atoms with Crippen molar-refractivity contribution in [3.63, 3.8) is 0 Å². The van der Waals surface area contributed by atoms with E-state index in [2.05, 4.69) is 10.2 Å². The van der Waals surface area contributed by atoms with Gasteiger partial charge < -0.3 is 4.74 Å². The van der Waals surface area contributed by atoms with Gasteiger partial charge in [-0.15, -0.1) is 10.2 Å². The summed E-state index contributed by atoms with van der Waals surface area (Å²) >= 11 is 1.38. The zero-order chi connectivity index (χ0) is 20.9. The second-order valence-corrected chi connectivity index (χ2v) is 7.70. The molecule has 0 N–H and O–H groups in total. The van der Waals surface area contributed by atoms with Gasteiger partial charge in [-0.2, -0.15) is 0 Å². The Labute approximate surface area is 179 Å². The van der Waals surface area contributed by atoms with Gasteiger partial charge in [0.1, 0.15) is 5.75 Å². The summed E-state index contributed by atoms with van der Waals surface area (Å²) in [6.07, 6.45) is 0. The van der Waals surface area contributed by atoms with Crippen LogP contribution in [0.2, 0.25) is 0 Å². The molecule has 4 rings (SSSR count). The van der Waals surface area contributed by atoms with Crippen LogP contribution in [0.5, 0.6) is 5.75 Å². The number of hydrogen-bond acceptors (Lipinski definition) is 5. The molecule has 0 radical (unpaired) electrons. The molecule has 5 nitrogen and oxygen atoms in total. The Morgan fingerprint density at radius 2 is 1.63 bits per heavy atom. The SMILES string of the molecule is COc1ccccc1-c1nnc(SCC(=O)c2ccc(C)cc2)n1-c1ccccc1. The highest BCUT2D eigenvalue weighted by molar-refractivity contribution is 7.99. The van der Waals surface area contributed by atoms with Crippen LogP contribution in [0.3, 0.4) is 0 Å². The van der Waals surface area contributed by atoms with Gasteiger partial charge in [0.2, 0.25) is 0 Å².